The van der Waals surface area contributed by atoms with Gasteiger partial charge in [0.1, 0.15) is 17.1 Å². The van der Waals surface area contributed by atoms with Crippen LogP contribution in [0, 0.1) is 0 Å². The topological polar surface area (TPSA) is 39.4 Å². The van der Waals surface area contributed by atoms with Gasteiger partial charge in [-0.2, -0.15) is 0 Å². The molecule has 0 aliphatic carbocycles. The second-order valence-corrected chi connectivity index (χ2v) is 6.11. The van der Waals surface area contributed by atoms with Gasteiger partial charge in [0.25, 0.3) is 0 Å². The first-order valence-corrected chi connectivity index (χ1v) is 8.42. The van der Waals surface area contributed by atoms with E-state index in [9.17, 15) is 4.79 Å². The molecule has 124 valence electrons. The summed E-state index contributed by atoms with van der Waals surface area (Å²) < 4.78 is 11.3. The fraction of sp³-hybridized carbons (Fsp3) is 0.250. The molecule has 1 aromatic heterocycles. The van der Waals surface area contributed by atoms with Crippen LogP contribution in [0.1, 0.15) is 41.4 Å². The third-order valence-electron chi connectivity index (χ3n) is 4.06. The molecule has 0 bridgehead atoms. The molecule has 0 aliphatic rings. The normalized spacial score (nSPS) is 11.0. The number of halogens is 1. The lowest BCUT2D eigenvalue weighted by atomic mass is 9.97. The highest BCUT2D eigenvalue weighted by atomic mass is 35.5. The van der Waals surface area contributed by atoms with E-state index in [-0.39, 0.29) is 5.78 Å². The monoisotopic (exact) mass is 342 g/mol. The number of ketones is 1. The second-order valence-electron chi connectivity index (χ2n) is 5.67. The Hall–Kier alpha value is -2.26. The van der Waals surface area contributed by atoms with Crippen LogP contribution in [0.4, 0.5) is 0 Å². The highest BCUT2D eigenvalue weighted by Gasteiger charge is 2.24. The van der Waals surface area contributed by atoms with E-state index in [4.69, 9.17) is 20.8 Å². The molecule has 0 saturated heterocycles. The van der Waals surface area contributed by atoms with Crippen LogP contribution in [-0.2, 0) is 6.42 Å². The van der Waals surface area contributed by atoms with Gasteiger partial charge in [-0.05, 0) is 30.7 Å². The number of aryl methyl sites for hydroxylation is 1. The molecule has 0 N–H and O–H groups in total. The van der Waals surface area contributed by atoms with Gasteiger partial charge >= 0.3 is 0 Å². The smallest absolute Gasteiger partial charge is 0.200 e. The van der Waals surface area contributed by atoms with Crippen LogP contribution in [0.5, 0.6) is 5.75 Å². The maximum atomic E-state index is 13.2. The predicted molar refractivity (Wildman–Crippen MR) is 96.3 cm³/mol. The van der Waals surface area contributed by atoms with E-state index >= 15 is 0 Å². The molecule has 3 rings (SSSR count). The molecule has 3 aromatic rings. The number of hydrogen-bond donors (Lipinski definition) is 0. The Bertz CT molecular complexity index is 880. The molecule has 0 spiro atoms. The summed E-state index contributed by atoms with van der Waals surface area (Å²) >= 11 is 6.01. The molecule has 0 aliphatic heterocycles. The van der Waals surface area contributed by atoms with Gasteiger partial charge in [-0.15, -0.1) is 0 Å². The average Bonchev–Trinajstić information content (AvgIpc) is 2.97. The van der Waals surface area contributed by atoms with Gasteiger partial charge in [-0.25, -0.2) is 0 Å². The van der Waals surface area contributed by atoms with Gasteiger partial charge in [0.15, 0.2) is 0 Å². The Morgan fingerprint density at radius 1 is 1.21 bits per heavy atom. The first kappa shape index (κ1) is 16.6. The number of rotatable bonds is 6. The lowest BCUT2D eigenvalue weighted by Gasteiger charge is -2.08. The quantitative estimate of drug-likeness (QED) is 0.542. The van der Waals surface area contributed by atoms with E-state index in [1.165, 1.54) is 7.11 Å². The number of fused-ring (bicyclic) bond motifs is 1. The summed E-state index contributed by atoms with van der Waals surface area (Å²) in [7, 11) is 1.54. The Balaban J connectivity index is 2.15. The number of carbonyl (C=O) groups is 1. The highest BCUT2D eigenvalue weighted by molar-refractivity contribution is 6.31. The summed E-state index contributed by atoms with van der Waals surface area (Å²) in [6.07, 6.45) is 2.74. The average molecular weight is 343 g/mol. The summed E-state index contributed by atoms with van der Waals surface area (Å²) in [6, 6.07) is 12.7. The van der Waals surface area contributed by atoms with Crippen molar-refractivity contribution in [2.75, 3.05) is 7.11 Å². The zero-order valence-electron chi connectivity index (χ0n) is 13.8. The Morgan fingerprint density at radius 3 is 2.75 bits per heavy atom. The van der Waals surface area contributed by atoms with Crippen molar-refractivity contribution < 1.29 is 13.9 Å². The van der Waals surface area contributed by atoms with E-state index in [1.54, 1.807) is 18.2 Å². The van der Waals surface area contributed by atoms with Crippen molar-refractivity contribution in [3.8, 4) is 5.75 Å². The predicted octanol–water partition coefficient (Wildman–Crippen LogP) is 5.67. The van der Waals surface area contributed by atoms with Gasteiger partial charge < -0.3 is 9.15 Å². The first-order valence-electron chi connectivity index (χ1n) is 8.04. The van der Waals surface area contributed by atoms with Gasteiger partial charge in [-0.1, -0.05) is 43.1 Å². The lowest BCUT2D eigenvalue weighted by molar-refractivity contribution is 0.103. The number of hydrogen-bond acceptors (Lipinski definition) is 3. The van der Waals surface area contributed by atoms with Crippen LogP contribution in [0.2, 0.25) is 5.02 Å². The van der Waals surface area contributed by atoms with E-state index < -0.39 is 0 Å². The molecular weight excluding hydrogens is 324 g/mol. The summed E-state index contributed by atoms with van der Waals surface area (Å²) in [4.78, 5) is 13.2. The van der Waals surface area contributed by atoms with Crippen LogP contribution >= 0.6 is 11.6 Å². The van der Waals surface area contributed by atoms with E-state index in [1.807, 2.05) is 24.3 Å². The van der Waals surface area contributed by atoms with Gasteiger partial charge in [0.05, 0.1) is 18.2 Å². The van der Waals surface area contributed by atoms with E-state index in [0.717, 1.165) is 36.0 Å². The summed E-state index contributed by atoms with van der Waals surface area (Å²) in [6.45, 7) is 2.12. The molecule has 0 unspecified atom stereocenters. The largest absolute Gasteiger partial charge is 0.496 e. The van der Waals surface area contributed by atoms with Crippen molar-refractivity contribution in [2.45, 2.75) is 26.2 Å². The number of para-hydroxylation sites is 1. The van der Waals surface area contributed by atoms with Gasteiger partial charge in [0.2, 0.25) is 5.78 Å². The molecule has 3 nitrogen and oxygen atoms in total. The molecule has 0 atom stereocenters. The van der Waals surface area contributed by atoms with Crippen molar-refractivity contribution >= 4 is 28.4 Å². The second kappa shape index (κ2) is 7.10. The molecular formula is C20H19ClO3. The van der Waals surface area contributed by atoms with E-state index in [2.05, 4.69) is 6.92 Å². The van der Waals surface area contributed by atoms with Crippen molar-refractivity contribution in [3.63, 3.8) is 0 Å². The van der Waals surface area contributed by atoms with Crippen molar-refractivity contribution in [3.05, 3.63) is 64.4 Å². The third-order valence-corrected chi connectivity index (χ3v) is 4.30. The van der Waals surface area contributed by atoms with Gasteiger partial charge in [0, 0.05) is 16.8 Å². The van der Waals surface area contributed by atoms with Crippen LogP contribution in [0.25, 0.3) is 11.0 Å². The minimum atomic E-state index is -0.0976. The zero-order chi connectivity index (χ0) is 17.1. The van der Waals surface area contributed by atoms with Crippen molar-refractivity contribution in [1.29, 1.82) is 0 Å². The van der Waals surface area contributed by atoms with Crippen molar-refractivity contribution in [2.24, 2.45) is 0 Å². The zero-order valence-corrected chi connectivity index (χ0v) is 14.5. The van der Waals surface area contributed by atoms with Crippen LogP contribution in [-0.4, -0.2) is 12.9 Å². The summed E-state index contributed by atoms with van der Waals surface area (Å²) in [5.74, 6) is 1.11. The van der Waals surface area contributed by atoms with Crippen LogP contribution in [0.3, 0.4) is 0 Å². The first-order chi connectivity index (χ1) is 11.7. The molecule has 0 amide bonds. The minimum absolute atomic E-state index is 0.0976. The highest BCUT2D eigenvalue weighted by Crippen LogP contribution is 2.32. The molecule has 1 heterocycles. The molecule has 24 heavy (non-hydrogen) atoms. The fourth-order valence-electron chi connectivity index (χ4n) is 2.85. The molecule has 0 radical (unpaired) electrons. The number of methoxy groups -OCH3 is 1. The number of carbonyl (C=O) groups excluding carboxylic acids is 1. The molecule has 0 saturated carbocycles. The Morgan fingerprint density at radius 2 is 2.00 bits per heavy atom. The third kappa shape index (κ3) is 3.04. The molecule has 4 heteroatoms. The molecule has 2 aromatic carbocycles. The SMILES string of the molecule is CCCCc1oc2ccccc2c1C(=O)c1ccc(Cl)cc1OC. The number of ether oxygens (including phenoxy) is 1. The van der Waals surface area contributed by atoms with Gasteiger partial charge in [-0.3, -0.25) is 4.79 Å². The molecule has 0 fully saturated rings. The minimum Gasteiger partial charge on any atom is -0.496 e. The maximum absolute atomic E-state index is 13.2. The number of benzene rings is 2. The lowest BCUT2D eigenvalue weighted by Crippen LogP contribution is -2.06. The number of unbranched alkanes of at least 4 members (excludes halogenated alkanes) is 1. The Kier molecular flexibility index (Phi) is 4.91. The van der Waals surface area contributed by atoms with Crippen LogP contribution in [0.15, 0.2) is 46.9 Å². The fourth-order valence-corrected chi connectivity index (χ4v) is 3.01. The summed E-state index contributed by atoms with van der Waals surface area (Å²) in [5.41, 5.74) is 1.85. The van der Waals surface area contributed by atoms with Crippen molar-refractivity contribution in [1.82, 2.24) is 0 Å². The Labute approximate surface area is 146 Å². The maximum Gasteiger partial charge on any atom is 0.200 e. The standard InChI is InChI=1S/C20H19ClO3/c1-3-4-8-17-19(14-7-5-6-9-16(14)24-17)20(22)15-11-10-13(21)12-18(15)23-2/h5-7,9-12H,3-4,8H2,1-2H3. The van der Waals surface area contributed by atoms with E-state index in [0.29, 0.717) is 21.9 Å². The number of furan rings is 1. The van der Waals surface area contributed by atoms with Crippen LogP contribution < -0.4 is 4.74 Å². The summed E-state index contributed by atoms with van der Waals surface area (Å²) in [5, 5.41) is 1.37.